The van der Waals surface area contributed by atoms with Crippen LogP contribution in [0.3, 0.4) is 0 Å². The van der Waals surface area contributed by atoms with Crippen LogP contribution in [0.25, 0.3) is 6.08 Å². The van der Waals surface area contributed by atoms with Crippen LogP contribution >= 0.6 is 15.9 Å². The van der Waals surface area contributed by atoms with Gasteiger partial charge in [0.15, 0.2) is 17.3 Å². The van der Waals surface area contributed by atoms with Gasteiger partial charge in [0.25, 0.3) is 0 Å². The van der Waals surface area contributed by atoms with E-state index in [1.54, 1.807) is 37.5 Å². The summed E-state index contributed by atoms with van der Waals surface area (Å²) in [5.74, 6) is 1.07. The predicted octanol–water partition coefficient (Wildman–Crippen LogP) is 5.28. The van der Waals surface area contributed by atoms with Gasteiger partial charge in [0.1, 0.15) is 0 Å². The summed E-state index contributed by atoms with van der Waals surface area (Å²) < 4.78 is 11.7. The Hall–Kier alpha value is -2.80. The molecule has 2 amide bonds. The minimum absolute atomic E-state index is 0.0437. The zero-order valence-electron chi connectivity index (χ0n) is 16.9. The van der Waals surface area contributed by atoms with E-state index in [-0.39, 0.29) is 17.9 Å². The number of hydrogen-bond donors (Lipinski definition) is 2. The average molecular weight is 461 g/mol. The fraction of sp³-hybridized carbons (Fsp3) is 0.273. The third-order valence-electron chi connectivity index (χ3n) is 3.81. The van der Waals surface area contributed by atoms with Crippen molar-refractivity contribution in [3.8, 4) is 11.5 Å². The fourth-order valence-electron chi connectivity index (χ4n) is 2.56. The van der Waals surface area contributed by atoms with Crippen LogP contribution < -0.4 is 20.1 Å². The highest BCUT2D eigenvalue weighted by molar-refractivity contribution is 9.10. The Balaban J connectivity index is 2.10. The Morgan fingerprint density at radius 3 is 2.45 bits per heavy atom. The molecule has 2 aromatic rings. The molecule has 0 radical (unpaired) electrons. The molecule has 0 aliphatic rings. The SMILES string of the molecule is CCOc1cc(/C=C/C(=O)c2ccc(NC(=O)NC(C)C)cc2)cc(Br)c1OC. The smallest absolute Gasteiger partial charge is 0.319 e. The lowest BCUT2D eigenvalue weighted by molar-refractivity contribution is 0.104. The number of amides is 2. The number of allylic oxidation sites excluding steroid dienone is 1. The molecule has 2 aromatic carbocycles. The highest BCUT2D eigenvalue weighted by Gasteiger charge is 2.11. The van der Waals surface area contributed by atoms with E-state index in [0.29, 0.717) is 29.4 Å². The summed E-state index contributed by atoms with van der Waals surface area (Å²) >= 11 is 3.46. The quantitative estimate of drug-likeness (QED) is 0.414. The average Bonchev–Trinajstić information content (AvgIpc) is 2.66. The van der Waals surface area contributed by atoms with E-state index in [9.17, 15) is 9.59 Å². The number of rotatable bonds is 8. The van der Waals surface area contributed by atoms with Crippen LogP contribution in [-0.4, -0.2) is 31.6 Å². The third-order valence-corrected chi connectivity index (χ3v) is 4.40. The number of hydrogen-bond acceptors (Lipinski definition) is 4. The summed E-state index contributed by atoms with van der Waals surface area (Å²) in [4.78, 5) is 24.2. The van der Waals surface area contributed by atoms with Crippen molar-refractivity contribution in [3.63, 3.8) is 0 Å². The van der Waals surface area contributed by atoms with Gasteiger partial charge in [0, 0.05) is 17.3 Å². The van der Waals surface area contributed by atoms with Crippen molar-refractivity contribution < 1.29 is 19.1 Å². The highest BCUT2D eigenvalue weighted by Crippen LogP contribution is 2.36. The van der Waals surface area contributed by atoms with Gasteiger partial charge in [-0.2, -0.15) is 0 Å². The second-order valence-electron chi connectivity index (χ2n) is 6.50. The van der Waals surface area contributed by atoms with E-state index >= 15 is 0 Å². The lowest BCUT2D eigenvalue weighted by Gasteiger charge is -2.12. The number of carbonyl (C=O) groups is 2. The monoisotopic (exact) mass is 460 g/mol. The molecule has 0 heterocycles. The third kappa shape index (κ3) is 6.64. The van der Waals surface area contributed by atoms with Crippen LogP contribution in [-0.2, 0) is 0 Å². The van der Waals surface area contributed by atoms with Gasteiger partial charge in [-0.15, -0.1) is 0 Å². The van der Waals surface area contributed by atoms with Gasteiger partial charge >= 0.3 is 6.03 Å². The van der Waals surface area contributed by atoms with Gasteiger partial charge in [-0.3, -0.25) is 4.79 Å². The summed E-state index contributed by atoms with van der Waals surface area (Å²) in [6.45, 7) is 6.16. The van der Waals surface area contributed by atoms with Crippen LogP contribution in [0.15, 0.2) is 46.9 Å². The van der Waals surface area contributed by atoms with Crippen LogP contribution in [0.4, 0.5) is 10.5 Å². The Morgan fingerprint density at radius 1 is 1.17 bits per heavy atom. The minimum Gasteiger partial charge on any atom is -0.492 e. The standard InChI is InChI=1S/C22H25BrN2O4/c1-5-29-20-13-15(12-18(23)21(20)28-4)6-11-19(26)16-7-9-17(10-8-16)25-22(27)24-14(2)3/h6-14H,5H2,1-4H3,(H2,24,25,27)/b11-6+. The molecule has 0 atom stereocenters. The second kappa shape index (κ2) is 10.7. The maximum atomic E-state index is 12.5. The maximum Gasteiger partial charge on any atom is 0.319 e. The number of methoxy groups -OCH3 is 1. The van der Waals surface area contributed by atoms with Crippen LogP contribution in [0.1, 0.15) is 36.7 Å². The van der Waals surface area contributed by atoms with E-state index in [0.717, 1.165) is 10.0 Å². The molecular weight excluding hydrogens is 436 g/mol. The number of benzene rings is 2. The van der Waals surface area contributed by atoms with Crippen LogP contribution in [0.5, 0.6) is 11.5 Å². The first kappa shape index (κ1) is 22.5. The zero-order valence-corrected chi connectivity index (χ0v) is 18.5. The summed E-state index contributed by atoms with van der Waals surface area (Å²) in [5, 5.41) is 5.46. The maximum absolute atomic E-state index is 12.5. The van der Waals surface area contributed by atoms with E-state index in [4.69, 9.17) is 9.47 Å². The number of ether oxygens (including phenoxy) is 2. The molecule has 0 aromatic heterocycles. The van der Waals surface area contributed by atoms with Crippen molar-refractivity contribution in [3.05, 3.63) is 58.1 Å². The molecule has 0 aliphatic heterocycles. The van der Waals surface area contributed by atoms with Crippen molar-refractivity contribution in [1.29, 1.82) is 0 Å². The molecule has 154 valence electrons. The van der Waals surface area contributed by atoms with Crippen molar-refractivity contribution in [2.45, 2.75) is 26.8 Å². The van der Waals surface area contributed by atoms with E-state index < -0.39 is 0 Å². The minimum atomic E-state index is -0.283. The molecule has 7 heteroatoms. The van der Waals surface area contributed by atoms with Gasteiger partial charge in [-0.25, -0.2) is 4.79 Å². The van der Waals surface area contributed by atoms with Gasteiger partial charge in [-0.05, 0) is 84.7 Å². The van der Waals surface area contributed by atoms with Gasteiger partial charge in [0.05, 0.1) is 18.2 Å². The molecule has 0 unspecified atom stereocenters. The topological polar surface area (TPSA) is 76.7 Å². The fourth-order valence-corrected chi connectivity index (χ4v) is 3.18. The Labute approximate surface area is 179 Å². The lowest BCUT2D eigenvalue weighted by Crippen LogP contribution is -2.34. The molecule has 6 nitrogen and oxygen atoms in total. The largest absolute Gasteiger partial charge is 0.492 e. The lowest BCUT2D eigenvalue weighted by atomic mass is 10.1. The summed E-state index contributed by atoms with van der Waals surface area (Å²) in [6.07, 6.45) is 3.22. The molecule has 0 saturated carbocycles. The molecule has 0 bridgehead atoms. The van der Waals surface area contributed by atoms with Crippen molar-refractivity contribution >= 4 is 39.5 Å². The Morgan fingerprint density at radius 2 is 1.86 bits per heavy atom. The number of carbonyl (C=O) groups excluding carboxylic acids is 2. The molecule has 0 aliphatic carbocycles. The molecular formula is C22H25BrN2O4. The van der Waals surface area contributed by atoms with E-state index in [1.165, 1.54) is 6.08 Å². The number of nitrogens with one attached hydrogen (secondary N) is 2. The molecule has 2 N–H and O–H groups in total. The van der Waals surface area contributed by atoms with Crippen LogP contribution in [0.2, 0.25) is 0 Å². The zero-order chi connectivity index (χ0) is 21.4. The van der Waals surface area contributed by atoms with Crippen molar-refractivity contribution in [2.75, 3.05) is 19.0 Å². The van der Waals surface area contributed by atoms with Gasteiger partial charge in [0.2, 0.25) is 0 Å². The number of halogens is 1. The molecule has 0 saturated heterocycles. The first-order chi connectivity index (χ1) is 13.8. The van der Waals surface area contributed by atoms with E-state index in [1.807, 2.05) is 32.9 Å². The number of ketones is 1. The number of anilines is 1. The first-order valence-electron chi connectivity index (χ1n) is 9.24. The van der Waals surface area contributed by atoms with Crippen molar-refractivity contribution in [1.82, 2.24) is 5.32 Å². The molecule has 0 fully saturated rings. The van der Waals surface area contributed by atoms with Gasteiger partial charge < -0.3 is 20.1 Å². The van der Waals surface area contributed by atoms with Crippen molar-refractivity contribution in [2.24, 2.45) is 0 Å². The predicted molar refractivity (Wildman–Crippen MR) is 119 cm³/mol. The first-order valence-corrected chi connectivity index (χ1v) is 10.0. The normalized spacial score (nSPS) is 10.8. The second-order valence-corrected chi connectivity index (χ2v) is 7.35. The number of urea groups is 1. The Bertz CT molecular complexity index is 892. The highest BCUT2D eigenvalue weighted by atomic mass is 79.9. The molecule has 2 rings (SSSR count). The summed E-state index contributed by atoms with van der Waals surface area (Å²) in [5.41, 5.74) is 1.94. The summed E-state index contributed by atoms with van der Waals surface area (Å²) in [6, 6.07) is 10.2. The molecule has 0 spiro atoms. The Kier molecular flexibility index (Phi) is 8.27. The molecule has 29 heavy (non-hydrogen) atoms. The van der Waals surface area contributed by atoms with E-state index in [2.05, 4.69) is 26.6 Å². The summed E-state index contributed by atoms with van der Waals surface area (Å²) in [7, 11) is 1.58. The van der Waals surface area contributed by atoms with Gasteiger partial charge in [-0.1, -0.05) is 6.08 Å². The van der Waals surface area contributed by atoms with Crippen LogP contribution in [0, 0.1) is 0 Å².